The van der Waals surface area contributed by atoms with Crippen LogP contribution < -0.4 is 0 Å². The normalized spacial score (nSPS) is 17.4. The maximum Gasteiger partial charge on any atom is 0.410 e. The molecule has 1 aliphatic rings. The number of amides is 2. The van der Waals surface area contributed by atoms with Crippen molar-refractivity contribution in [2.45, 2.75) is 58.8 Å². The van der Waals surface area contributed by atoms with Crippen molar-refractivity contribution < 1.29 is 28.6 Å². The smallest absolute Gasteiger partial charge is 0.410 e. The van der Waals surface area contributed by atoms with Gasteiger partial charge < -0.3 is 19.1 Å². The van der Waals surface area contributed by atoms with Gasteiger partial charge in [-0.3, -0.25) is 4.90 Å². The highest BCUT2D eigenvalue weighted by Gasteiger charge is 2.37. The molecule has 0 bridgehead atoms. The minimum atomic E-state index is -0.640. The molecule has 30 heavy (non-hydrogen) atoms. The molecule has 1 fully saturated rings. The number of hydrogen-bond acceptors (Lipinski definition) is 6. The molecule has 1 saturated heterocycles. The first-order valence-corrected chi connectivity index (χ1v) is 9.96. The van der Waals surface area contributed by atoms with Gasteiger partial charge in [0.25, 0.3) is 0 Å². The molecule has 0 N–H and O–H groups in total. The molecule has 2 amide bonds. The third-order valence-electron chi connectivity index (χ3n) is 4.38. The van der Waals surface area contributed by atoms with Crippen LogP contribution in [0.3, 0.4) is 0 Å². The molecule has 1 aliphatic heterocycles. The van der Waals surface area contributed by atoms with Gasteiger partial charge in [-0.05, 0) is 59.2 Å². The molecule has 8 heteroatoms. The third kappa shape index (κ3) is 6.37. The Bertz CT molecular complexity index is 776. The number of hydrogen-bond donors (Lipinski definition) is 0. The molecule has 166 valence electrons. The van der Waals surface area contributed by atoms with Crippen molar-refractivity contribution in [2.75, 3.05) is 26.7 Å². The first-order chi connectivity index (χ1) is 13.8. The Morgan fingerprint density at radius 3 is 1.90 bits per heavy atom. The van der Waals surface area contributed by atoms with Crippen molar-refractivity contribution in [2.24, 2.45) is 0 Å². The Kier molecular flexibility index (Phi) is 7.00. The van der Waals surface area contributed by atoms with Crippen LogP contribution in [0.2, 0.25) is 0 Å². The Morgan fingerprint density at radius 1 is 0.867 bits per heavy atom. The molecular formula is C22H32N2O6. The number of nitrogens with zero attached hydrogens (tertiary/aromatic N) is 2. The van der Waals surface area contributed by atoms with Crippen LogP contribution in [-0.2, 0) is 14.2 Å². The van der Waals surface area contributed by atoms with E-state index in [1.54, 1.807) is 34.1 Å². The van der Waals surface area contributed by atoms with E-state index in [1.807, 2.05) is 41.5 Å². The van der Waals surface area contributed by atoms with Gasteiger partial charge in [-0.15, -0.1) is 0 Å². The van der Waals surface area contributed by atoms with E-state index in [0.29, 0.717) is 18.7 Å². The van der Waals surface area contributed by atoms with Crippen LogP contribution in [-0.4, -0.2) is 65.9 Å². The molecule has 0 unspecified atom stereocenters. The minimum Gasteiger partial charge on any atom is -0.465 e. The van der Waals surface area contributed by atoms with Gasteiger partial charge in [0.2, 0.25) is 0 Å². The number of carbonyl (C=O) groups is 3. The molecule has 0 saturated carbocycles. The molecule has 1 aromatic rings. The highest BCUT2D eigenvalue weighted by atomic mass is 16.6. The fourth-order valence-corrected chi connectivity index (χ4v) is 3.06. The highest BCUT2D eigenvalue weighted by Crippen LogP contribution is 2.28. The molecular weight excluding hydrogens is 388 g/mol. The maximum atomic E-state index is 12.8. The molecule has 0 spiro atoms. The van der Waals surface area contributed by atoms with Crippen LogP contribution in [0, 0.1) is 0 Å². The molecule has 0 radical (unpaired) electrons. The first kappa shape index (κ1) is 23.5. The van der Waals surface area contributed by atoms with Crippen LogP contribution in [0.1, 0.15) is 63.5 Å². The second kappa shape index (κ2) is 8.93. The van der Waals surface area contributed by atoms with Crippen LogP contribution in [0.5, 0.6) is 0 Å². The Labute approximate surface area is 178 Å². The van der Waals surface area contributed by atoms with Gasteiger partial charge in [-0.25, -0.2) is 14.4 Å². The standard InChI is InChI=1S/C22H32N2O6/c1-21(2,3)29-19(26)23-12-13-24(20(27)30-22(4,5)6)17(14-23)15-8-10-16(11-9-15)18(25)28-7/h8-11,17H,12-14H2,1-7H3/t17-/m0/s1. The average molecular weight is 421 g/mol. The van der Waals surface area contributed by atoms with Gasteiger partial charge in [-0.2, -0.15) is 0 Å². The second-order valence-corrected chi connectivity index (χ2v) is 9.23. The van der Waals surface area contributed by atoms with E-state index in [0.717, 1.165) is 5.56 Å². The van der Waals surface area contributed by atoms with Gasteiger partial charge in [0.15, 0.2) is 0 Å². The number of ether oxygens (including phenoxy) is 3. The van der Waals surface area contributed by atoms with E-state index in [2.05, 4.69) is 0 Å². The van der Waals surface area contributed by atoms with Crippen LogP contribution >= 0.6 is 0 Å². The molecule has 1 atom stereocenters. The molecule has 0 aromatic heterocycles. The van der Waals surface area contributed by atoms with Gasteiger partial charge >= 0.3 is 18.2 Å². The van der Waals surface area contributed by atoms with E-state index in [1.165, 1.54) is 7.11 Å². The summed E-state index contributed by atoms with van der Waals surface area (Å²) in [5.74, 6) is -0.440. The lowest BCUT2D eigenvalue weighted by Gasteiger charge is -2.42. The van der Waals surface area contributed by atoms with E-state index in [4.69, 9.17) is 14.2 Å². The third-order valence-corrected chi connectivity index (χ3v) is 4.38. The SMILES string of the molecule is COC(=O)c1ccc([C@@H]2CN(C(=O)OC(C)(C)C)CCN2C(=O)OC(C)(C)C)cc1. The lowest BCUT2D eigenvalue weighted by molar-refractivity contribution is -0.0152. The van der Waals surface area contributed by atoms with Gasteiger partial charge in [0, 0.05) is 19.6 Å². The van der Waals surface area contributed by atoms with Crippen molar-refractivity contribution in [1.29, 1.82) is 0 Å². The summed E-state index contributed by atoms with van der Waals surface area (Å²) in [5.41, 5.74) is -0.0675. The summed E-state index contributed by atoms with van der Waals surface area (Å²) in [6, 6.07) is 6.36. The Hall–Kier alpha value is -2.77. The Balaban J connectivity index is 2.29. The van der Waals surface area contributed by atoms with Crippen molar-refractivity contribution in [1.82, 2.24) is 9.80 Å². The fourth-order valence-electron chi connectivity index (χ4n) is 3.06. The van der Waals surface area contributed by atoms with Crippen LogP contribution in [0.4, 0.5) is 9.59 Å². The summed E-state index contributed by atoms with van der Waals surface area (Å²) in [6.07, 6.45) is -0.879. The summed E-state index contributed by atoms with van der Waals surface area (Å²) in [6.45, 7) is 11.8. The number of carbonyl (C=O) groups excluding carboxylic acids is 3. The lowest BCUT2D eigenvalue weighted by Crippen LogP contribution is -2.54. The van der Waals surface area contributed by atoms with Crippen LogP contribution in [0.25, 0.3) is 0 Å². The van der Waals surface area contributed by atoms with Gasteiger partial charge in [0.1, 0.15) is 11.2 Å². The molecule has 1 heterocycles. The fraction of sp³-hybridized carbons (Fsp3) is 0.591. The predicted octanol–water partition coefficient (Wildman–Crippen LogP) is 4.00. The van der Waals surface area contributed by atoms with Gasteiger partial charge in [-0.1, -0.05) is 12.1 Å². The van der Waals surface area contributed by atoms with Crippen molar-refractivity contribution in [3.8, 4) is 0 Å². The van der Waals surface area contributed by atoms with Crippen molar-refractivity contribution in [3.05, 3.63) is 35.4 Å². The summed E-state index contributed by atoms with van der Waals surface area (Å²) in [7, 11) is 1.32. The number of methoxy groups -OCH3 is 1. The zero-order valence-electron chi connectivity index (χ0n) is 18.9. The summed E-state index contributed by atoms with van der Waals surface area (Å²) >= 11 is 0. The van der Waals surface area contributed by atoms with Crippen LogP contribution in [0.15, 0.2) is 24.3 Å². The molecule has 2 rings (SSSR count). The minimum absolute atomic E-state index is 0.256. The highest BCUT2D eigenvalue weighted by molar-refractivity contribution is 5.89. The number of esters is 1. The van der Waals surface area contributed by atoms with Gasteiger partial charge in [0.05, 0.1) is 18.7 Å². The van der Waals surface area contributed by atoms with Crippen molar-refractivity contribution >= 4 is 18.2 Å². The maximum absolute atomic E-state index is 12.8. The van der Waals surface area contributed by atoms with E-state index < -0.39 is 35.4 Å². The zero-order valence-corrected chi connectivity index (χ0v) is 18.9. The average Bonchev–Trinajstić information content (AvgIpc) is 2.64. The number of piperazine rings is 1. The summed E-state index contributed by atoms with van der Waals surface area (Å²) in [5, 5.41) is 0. The zero-order chi connectivity index (χ0) is 22.7. The van der Waals surface area contributed by atoms with E-state index in [9.17, 15) is 14.4 Å². The predicted molar refractivity (Wildman–Crippen MR) is 111 cm³/mol. The second-order valence-electron chi connectivity index (χ2n) is 9.23. The largest absolute Gasteiger partial charge is 0.465 e. The van der Waals surface area contributed by atoms with E-state index in [-0.39, 0.29) is 6.54 Å². The summed E-state index contributed by atoms with van der Waals surface area (Å²) < 4.78 is 15.8. The Morgan fingerprint density at radius 2 is 1.40 bits per heavy atom. The monoisotopic (exact) mass is 420 g/mol. The number of benzene rings is 1. The summed E-state index contributed by atoms with van der Waals surface area (Å²) in [4.78, 5) is 40.3. The number of rotatable bonds is 2. The quantitative estimate of drug-likeness (QED) is 0.531. The lowest BCUT2D eigenvalue weighted by atomic mass is 10.0. The first-order valence-electron chi connectivity index (χ1n) is 9.96. The topological polar surface area (TPSA) is 85.4 Å². The van der Waals surface area contributed by atoms with Crippen molar-refractivity contribution in [3.63, 3.8) is 0 Å². The molecule has 8 nitrogen and oxygen atoms in total. The molecule has 0 aliphatic carbocycles. The van der Waals surface area contributed by atoms with E-state index >= 15 is 0 Å². The molecule has 1 aromatic carbocycles.